The van der Waals surface area contributed by atoms with E-state index in [9.17, 15) is 5.11 Å². The Balaban J connectivity index is 1.91. The summed E-state index contributed by atoms with van der Waals surface area (Å²) in [6.45, 7) is 7.32. The topological polar surface area (TPSA) is 29.5 Å². The minimum Gasteiger partial charge on any atom is -0.426 e. The first-order valence-electron chi connectivity index (χ1n) is 7.43. The second kappa shape index (κ2) is 5.37. The lowest BCUT2D eigenvalue weighted by Gasteiger charge is -2.37. The van der Waals surface area contributed by atoms with Crippen LogP contribution < -0.4 is 4.78 Å². The molecule has 2 aromatic carbocycles. The standard InChI is InChI=1S/C18H20BO2S/c1-17(2,20)18(3,4)21-19-15-11-13-10-9-12-7-5-6-8-14(12)16(13)22-15/h5-11,20H,1-4H3. The molecule has 3 aromatic rings. The van der Waals surface area contributed by atoms with Crippen LogP contribution in [0.15, 0.2) is 42.5 Å². The van der Waals surface area contributed by atoms with E-state index in [2.05, 4.69) is 42.5 Å². The predicted molar refractivity (Wildman–Crippen MR) is 96.2 cm³/mol. The minimum atomic E-state index is -0.910. The molecule has 0 bridgehead atoms. The summed E-state index contributed by atoms with van der Waals surface area (Å²) >= 11 is 1.72. The van der Waals surface area contributed by atoms with Crippen molar-refractivity contribution in [2.45, 2.75) is 38.9 Å². The number of fused-ring (bicyclic) bond motifs is 3. The zero-order valence-corrected chi connectivity index (χ0v) is 14.2. The van der Waals surface area contributed by atoms with Crippen LogP contribution >= 0.6 is 11.3 Å². The molecular weight excluding hydrogens is 291 g/mol. The fourth-order valence-electron chi connectivity index (χ4n) is 2.20. The van der Waals surface area contributed by atoms with Crippen molar-refractivity contribution in [1.29, 1.82) is 0 Å². The van der Waals surface area contributed by atoms with Gasteiger partial charge in [-0.1, -0.05) is 36.4 Å². The Bertz CT molecular complexity index is 815. The van der Waals surface area contributed by atoms with E-state index in [1.165, 1.54) is 20.9 Å². The van der Waals surface area contributed by atoms with Gasteiger partial charge in [-0.2, -0.15) is 0 Å². The van der Waals surface area contributed by atoms with Gasteiger partial charge in [-0.25, -0.2) is 0 Å². The van der Waals surface area contributed by atoms with Crippen LogP contribution in [0.25, 0.3) is 20.9 Å². The first-order chi connectivity index (χ1) is 10.3. The van der Waals surface area contributed by atoms with Gasteiger partial charge in [-0.3, -0.25) is 0 Å². The number of benzene rings is 2. The average Bonchev–Trinajstić information content (AvgIpc) is 2.87. The molecule has 1 heterocycles. The molecule has 0 aliphatic carbocycles. The lowest BCUT2D eigenvalue weighted by Crippen LogP contribution is -2.49. The summed E-state index contributed by atoms with van der Waals surface area (Å²) in [5, 5.41) is 13.9. The maximum absolute atomic E-state index is 10.2. The summed E-state index contributed by atoms with van der Waals surface area (Å²) in [7, 11) is 1.76. The summed E-state index contributed by atoms with van der Waals surface area (Å²) in [6, 6.07) is 14.8. The van der Waals surface area contributed by atoms with Crippen LogP contribution in [0.1, 0.15) is 27.7 Å². The number of hydrogen-bond acceptors (Lipinski definition) is 3. The van der Waals surface area contributed by atoms with Crippen molar-refractivity contribution in [3.63, 3.8) is 0 Å². The van der Waals surface area contributed by atoms with Gasteiger partial charge in [0.1, 0.15) is 0 Å². The van der Waals surface area contributed by atoms with Gasteiger partial charge in [0.2, 0.25) is 0 Å². The Hall–Kier alpha value is -1.36. The van der Waals surface area contributed by atoms with Gasteiger partial charge in [-0.15, -0.1) is 11.3 Å². The third-order valence-corrected chi connectivity index (χ3v) is 5.48. The molecule has 0 aliphatic heterocycles. The Labute approximate surface area is 136 Å². The highest BCUT2D eigenvalue weighted by atomic mass is 32.1. The van der Waals surface area contributed by atoms with Crippen LogP contribution in [-0.4, -0.2) is 23.8 Å². The Morgan fingerprint density at radius 2 is 1.68 bits per heavy atom. The molecule has 22 heavy (non-hydrogen) atoms. The largest absolute Gasteiger partial charge is 0.426 e. The monoisotopic (exact) mass is 311 g/mol. The van der Waals surface area contributed by atoms with Crippen molar-refractivity contribution in [2.75, 3.05) is 0 Å². The zero-order valence-electron chi connectivity index (χ0n) is 13.4. The first-order valence-corrected chi connectivity index (χ1v) is 8.24. The van der Waals surface area contributed by atoms with E-state index in [1.54, 1.807) is 32.7 Å². The van der Waals surface area contributed by atoms with Crippen molar-refractivity contribution < 1.29 is 9.76 Å². The van der Waals surface area contributed by atoms with Gasteiger partial charge >= 0.3 is 7.48 Å². The van der Waals surface area contributed by atoms with Gasteiger partial charge < -0.3 is 9.76 Å². The molecule has 0 amide bonds. The van der Waals surface area contributed by atoms with E-state index >= 15 is 0 Å². The fraction of sp³-hybridized carbons (Fsp3) is 0.333. The van der Waals surface area contributed by atoms with Gasteiger partial charge in [0.05, 0.1) is 11.2 Å². The van der Waals surface area contributed by atoms with Crippen molar-refractivity contribution in [2.24, 2.45) is 0 Å². The summed E-state index contributed by atoms with van der Waals surface area (Å²) in [4.78, 5) is 0. The Kier molecular flexibility index (Phi) is 3.80. The first kappa shape index (κ1) is 15.5. The van der Waals surface area contributed by atoms with Gasteiger partial charge in [-0.05, 0) is 49.9 Å². The molecule has 1 aromatic heterocycles. The van der Waals surface area contributed by atoms with Crippen molar-refractivity contribution >= 4 is 44.5 Å². The molecule has 0 fully saturated rings. The van der Waals surface area contributed by atoms with E-state index in [0.717, 1.165) is 4.78 Å². The van der Waals surface area contributed by atoms with Gasteiger partial charge in [0.25, 0.3) is 0 Å². The molecule has 1 radical (unpaired) electrons. The highest BCUT2D eigenvalue weighted by Gasteiger charge is 2.35. The lowest BCUT2D eigenvalue weighted by molar-refractivity contribution is -0.0892. The van der Waals surface area contributed by atoms with Crippen molar-refractivity contribution in [3.8, 4) is 0 Å². The molecule has 0 saturated carbocycles. The van der Waals surface area contributed by atoms with Gasteiger partial charge in [0.15, 0.2) is 0 Å². The molecule has 113 valence electrons. The third kappa shape index (κ3) is 2.79. The predicted octanol–water partition coefficient (Wildman–Crippen LogP) is 3.87. The Morgan fingerprint density at radius 1 is 1.00 bits per heavy atom. The molecule has 2 nitrogen and oxygen atoms in total. The van der Waals surface area contributed by atoms with E-state index < -0.39 is 11.2 Å². The average molecular weight is 311 g/mol. The molecule has 0 atom stereocenters. The van der Waals surface area contributed by atoms with Gasteiger partial charge in [0, 0.05) is 9.48 Å². The molecule has 0 unspecified atom stereocenters. The maximum Gasteiger partial charge on any atom is 0.341 e. The van der Waals surface area contributed by atoms with Crippen molar-refractivity contribution in [3.05, 3.63) is 42.5 Å². The lowest BCUT2D eigenvalue weighted by atomic mass is 9.86. The quantitative estimate of drug-likeness (QED) is 0.741. The second-order valence-electron chi connectivity index (χ2n) is 6.66. The van der Waals surface area contributed by atoms with E-state index in [1.807, 2.05) is 13.8 Å². The second-order valence-corrected chi connectivity index (χ2v) is 7.74. The summed E-state index contributed by atoms with van der Waals surface area (Å²) in [6.07, 6.45) is 0. The molecule has 3 rings (SSSR count). The maximum atomic E-state index is 10.2. The fourth-order valence-corrected chi connectivity index (χ4v) is 3.25. The van der Waals surface area contributed by atoms with Crippen LogP contribution in [0.5, 0.6) is 0 Å². The molecule has 0 saturated heterocycles. The summed E-state index contributed by atoms with van der Waals surface area (Å²) < 4.78 is 8.19. The number of aliphatic hydroxyl groups is 1. The molecular formula is C18H20BO2S. The Morgan fingerprint density at radius 3 is 2.41 bits per heavy atom. The number of rotatable bonds is 4. The number of hydrogen-bond donors (Lipinski definition) is 1. The van der Waals surface area contributed by atoms with E-state index in [0.29, 0.717) is 0 Å². The third-order valence-electron chi connectivity index (χ3n) is 4.37. The van der Waals surface area contributed by atoms with Crippen LogP contribution in [0.4, 0.5) is 0 Å². The minimum absolute atomic E-state index is 0.648. The van der Waals surface area contributed by atoms with Crippen LogP contribution in [0.3, 0.4) is 0 Å². The molecule has 4 heteroatoms. The van der Waals surface area contributed by atoms with E-state index in [-0.39, 0.29) is 0 Å². The molecule has 1 N–H and O–H groups in total. The smallest absolute Gasteiger partial charge is 0.341 e. The zero-order chi connectivity index (χ0) is 16.0. The number of thiophene rings is 1. The summed E-state index contributed by atoms with van der Waals surface area (Å²) in [5.74, 6) is 0. The normalized spacial score (nSPS) is 13.0. The highest BCUT2D eigenvalue weighted by molar-refractivity contribution is 7.27. The van der Waals surface area contributed by atoms with Crippen LogP contribution in [-0.2, 0) is 4.65 Å². The van der Waals surface area contributed by atoms with E-state index in [4.69, 9.17) is 4.65 Å². The van der Waals surface area contributed by atoms with Crippen molar-refractivity contribution in [1.82, 2.24) is 0 Å². The summed E-state index contributed by atoms with van der Waals surface area (Å²) in [5.41, 5.74) is -1.56. The highest BCUT2D eigenvalue weighted by Crippen LogP contribution is 2.29. The van der Waals surface area contributed by atoms with Crippen LogP contribution in [0, 0.1) is 0 Å². The SMILES string of the molecule is CC(C)(O)C(C)(C)O[B]c1cc2ccc3ccccc3c2s1. The molecule has 0 aliphatic rings. The van der Waals surface area contributed by atoms with Crippen LogP contribution in [0.2, 0.25) is 0 Å². The molecule has 0 spiro atoms.